The zero-order valence-electron chi connectivity index (χ0n) is 20.1. The number of carbonyl (C=O) groups is 2. The Bertz CT molecular complexity index is 1500. The van der Waals surface area contributed by atoms with Gasteiger partial charge in [-0.1, -0.05) is 35.6 Å². The number of carbonyl (C=O) groups excluding carboxylic acids is 2. The summed E-state index contributed by atoms with van der Waals surface area (Å²) in [5.41, 5.74) is 3.11. The van der Waals surface area contributed by atoms with Crippen LogP contribution in [0.1, 0.15) is 31.0 Å². The Kier molecular flexibility index (Phi) is 6.70. The molecule has 2 heterocycles. The van der Waals surface area contributed by atoms with Gasteiger partial charge >= 0.3 is 11.9 Å². The minimum absolute atomic E-state index is 0.256. The van der Waals surface area contributed by atoms with Crippen LogP contribution in [0, 0.1) is 0 Å². The summed E-state index contributed by atoms with van der Waals surface area (Å²) in [6.07, 6.45) is 1.82. The molecule has 180 valence electrons. The number of allylic oxidation sites excluding steroid dienone is 1. The largest absolute Gasteiger partial charge is 0.466 e. The maximum atomic E-state index is 13.6. The Balaban J connectivity index is 1.86. The quantitative estimate of drug-likeness (QED) is 0.402. The van der Waals surface area contributed by atoms with Crippen molar-refractivity contribution in [1.29, 1.82) is 0 Å². The van der Waals surface area contributed by atoms with Gasteiger partial charge in [-0.05, 0) is 48.4 Å². The first-order chi connectivity index (χ1) is 16.7. The summed E-state index contributed by atoms with van der Waals surface area (Å²) in [5, 5.41) is 0. The van der Waals surface area contributed by atoms with E-state index in [-0.39, 0.29) is 11.1 Å². The number of fused-ring (bicyclic) bond motifs is 1. The fraction of sp³-hybridized carbons (Fsp3) is 0.231. The smallest absolute Gasteiger partial charge is 0.338 e. The number of methoxy groups -OCH3 is 1. The topological polar surface area (TPSA) is 90.2 Å². The monoisotopic (exact) mass is 491 g/mol. The predicted octanol–water partition coefficient (Wildman–Crippen LogP) is 2.40. The molecule has 0 spiro atoms. The van der Waals surface area contributed by atoms with E-state index in [0.29, 0.717) is 26.3 Å². The number of anilines is 1. The molecule has 0 saturated carbocycles. The molecule has 0 aliphatic carbocycles. The van der Waals surface area contributed by atoms with Gasteiger partial charge in [-0.15, -0.1) is 0 Å². The first-order valence-electron chi connectivity index (χ1n) is 10.9. The van der Waals surface area contributed by atoms with Crippen LogP contribution in [-0.2, 0) is 14.3 Å². The Hall–Kier alpha value is -3.98. The van der Waals surface area contributed by atoms with Crippen molar-refractivity contribution < 1.29 is 19.1 Å². The molecule has 8 nitrogen and oxygen atoms in total. The molecule has 0 radical (unpaired) electrons. The van der Waals surface area contributed by atoms with E-state index in [9.17, 15) is 14.4 Å². The van der Waals surface area contributed by atoms with Crippen LogP contribution in [0.5, 0.6) is 5.75 Å². The van der Waals surface area contributed by atoms with Gasteiger partial charge in [-0.3, -0.25) is 14.2 Å². The molecule has 1 aliphatic rings. The van der Waals surface area contributed by atoms with E-state index in [1.54, 1.807) is 31.2 Å². The van der Waals surface area contributed by atoms with Crippen molar-refractivity contribution in [2.75, 3.05) is 26.1 Å². The average Bonchev–Trinajstić information content (AvgIpc) is 3.12. The zero-order valence-corrected chi connectivity index (χ0v) is 20.9. The summed E-state index contributed by atoms with van der Waals surface area (Å²) in [4.78, 5) is 44.7. The second-order valence-electron chi connectivity index (χ2n) is 8.22. The molecule has 3 aromatic rings. The number of aromatic nitrogens is 1. The number of thiazole rings is 1. The standard InChI is InChI=1S/C26H25N3O5S/c1-15-22(25(32)33-5)23(18-8-12-20(13-9-18)34-16(2)30)29-24(31)21(35-26(29)27-15)14-17-6-10-19(11-7-17)28(3)4/h6-14,23H,1-5H3/b21-14+/t23-/m1/s1. The SMILES string of the molecule is COC(=O)C1=C(C)N=c2s/c(=C/c3ccc(N(C)C)cc3)c(=O)n2[C@@H]1c1ccc(OC(C)=O)cc1. The van der Waals surface area contributed by atoms with Crippen LogP contribution in [0.25, 0.3) is 6.08 Å². The number of hydrogen-bond donors (Lipinski definition) is 0. The van der Waals surface area contributed by atoms with Gasteiger partial charge in [0, 0.05) is 26.7 Å². The maximum Gasteiger partial charge on any atom is 0.338 e. The molecule has 1 aliphatic heterocycles. The summed E-state index contributed by atoms with van der Waals surface area (Å²) < 4.78 is 12.2. The van der Waals surface area contributed by atoms with E-state index in [4.69, 9.17) is 9.47 Å². The number of hydrogen-bond acceptors (Lipinski definition) is 8. The summed E-state index contributed by atoms with van der Waals surface area (Å²) in [5.74, 6) is -0.626. The number of benzene rings is 2. The van der Waals surface area contributed by atoms with Crippen LogP contribution in [0.4, 0.5) is 5.69 Å². The van der Waals surface area contributed by atoms with Crippen LogP contribution >= 0.6 is 11.3 Å². The highest BCUT2D eigenvalue weighted by molar-refractivity contribution is 7.07. The van der Waals surface area contributed by atoms with Crippen molar-refractivity contribution in [1.82, 2.24) is 4.57 Å². The lowest BCUT2D eigenvalue weighted by Crippen LogP contribution is -2.39. The maximum absolute atomic E-state index is 13.6. The average molecular weight is 492 g/mol. The second-order valence-corrected chi connectivity index (χ2v) is 9.23. The van der Waals surface area contributed by atoms with Crippen LogP contribution in [0.3, 0.4) is 0 Å². The lowest BCUT2D eigenvalue weighted by atomic mass is 9.96. The van der Waals surface area contributed by atoms with Crippen molar-refractivity contribution in [3.8, 4) is 5.75 Å². The van der Waals surface area contributed by atoms with E-state index in [1.807, 2.05) is 49.3 Å². The zero-order chi connectivity index (χ0) is 25.3. The van der Waals surface area contributed by atoms with E-state index in [0.717, 1.165) is 11.3 Å². The number of nitrogens with zero attached hydrogens (tertiary/aromatic N) is 3. The lowest BCUT2D eigenvalue weighted by molar-refractivity contribution is -0.136. The van der Waals surface area contributed by atoms with E-state index in [2.05, 4.69) is 4.99 Å². The highest BCUT2D eigenvalue weighted by Gasteiger charge is 2.33. The molecule has 0 N–H and O–H groups in total. The molecular formula is C26H25N3O5S. The van der Waals surface area contributed by atoms with Crippen molar-refractivity contribution >= 4 is 35.0 Å². The molecule has 0 saturated heterocycles. The second kappa shape index (κ2) is 9.71. The minimum atomic E-state index is -0.733. The van der Waals surface area contributed by atoms with Crippen LogP contribution in [0.2, 0.25) is 0 Å². The van der Waals surface area contributed by atoms with Gasteiger partial charge in [0.25, 0.3) is 5.56 Å². The molecule has 2 aromatic carbocycles. The number of esters is 2. The molecule has 0 bridgehead atoms. The van der Waals surface area contributed by atoms with Gasteiger partial charge in [0.1, 0.15) is 5.75 Å². The van der Waals surface area contributed by atoms with Crippen molar-refractivity contribution in [3.63, 3.8) is 0 Å². The predicted molar refractivity (Wildman–Crippen MR) is 134 cm³/mol. The summed E-state index contributed by atoms with van der Waals surface area (Å²) in [7, 11) is 5.23. The number of rotatable bonds is 5. The molecule has 9 heteroatoms. The Labute approximate surface area is 206 Å². The first-order valence-corrected chi connectivity index (χ1v) is 11.7. The van der Waals surface area contributed by atoms with Gasteiger partial charge in [-0.25, -0.2) is 9.79 Å². The highest BCUT2D eigenvalue weighted by atomic mass is 32.1. The molecular weight excluding hydrogens is 466 g/mol. The van der Waals surface area contributed by atoms with Crippen LogP contribution < -0.4 is 24.5 Å². The van der Waals surface area contributed by atoms with Gasteiger partial charge < -0.3 is 14.4 Å². The van der Waals surface area contributed by atoms with Crippen molar-refractivity contribution in [2.45, 2.75) is 19.9 Å². The molecule has 0 unspecified atom stereocenters. The van der Waals surface area contributed by atoms with Gasteiger partial charge in [0.2, 0.25) is 0 Å². The molecule has 4 rings (SSSR count). The fourth-order valence-electron chi connectivity index (χ4n) is 3.91. The molecule has 0 amide bonds. The third-order valence-corrected chi connectivity index (χ3v) is 6.57. The third kappa shape index (κ3) is 4.81. The summed E-state index contributed by atoms with van der Waals surface area (Å²) in [6, 6.07) is 13.8. The molecule has 0 fully saturated rings. The molecule has 1 atom stereocenters. The van der Waals surface area contributed by atoms with E-state index >= 15 is 0 Å². The lowest BCUT2D eigenvalue weighted by Gasteiger charge is -2.24. The number of ether oxygens (including phenoxy) is 2. The van der Waals surface area contributed by atoms with Gasteiger partial charge in [0.15, 0.2) is 4.80 Å². The third-order valence-electron chi connectivity index (χ3n) is 5.59. The van der Waals surface area contributed by atoms with Gasteiger partial charge in [0.05, 0.1) is 29.0 Å². The first kappa shape index (κ1) is 24.2. The summed E-state index contributed by atoms with van der Waals surface area (Å²) >= 11 is 1.26. The Morgan fingerprint density at radius 3 is 2.31 bits per heavy atom. The van der Waals surface area contributed by atoms with Crippen LogP contribution in [0.15, 0.2) is 69.6 Å². The molecule has 1 aromatic heterocycles. The normalized spacial score (nSPS) is 15.3. The fourth-order valence-corrected chi connectivity index (χ4v) is 4.96. The Morgan fingerprint density at radius 1 is 1.09 bits per heavy atom. The highest BCUT2D eigenvalue weighted by Crippen LogP contribution is 2.31. The van der Waals surface area contributed by atoms with Crippen molar-refractivity contribution in [2.24, 2.45) is 4.99 Å². The van der Waals surface area contributed by atoms with E-state index in [1.165, 1.54) is 29.9 Å². The van der Waals surface area contributed by atoms with Gasteiger partial charge in [-0.2, -0.15) is 0 Å². The Morgan fingerprint density at radius 2 is 1.74 bits per heavy atom. The van der Waals surface area contributed by atoms with Crippen molar-refractivity contribution in [3.05, 3.63) is 90.6 Å². The van der Waals surface area contributed by atoms with E-state index < -0.39 is 18.0 Å². The van der Waals surface area contributed by atoms with Crippen LogP contribution in [-0.4, -0.2) is 37.7 Å². The minimum Gasteiger partial charge on any atom is -0.466 e. The molecule has 35 heavy (non-hydrogen) atoms. The summed E-state index contributed by atoms with van der Waals surface area (Å²) in [6.45, 7) is 3.05.